The molecule has 2 N–H and O–H groups in total. The molecule has 0 heterocycles. The van der Waals surface area contributed by atoms with Crippen LogP contribution in [0.1, 0.15) is 31.4 Å². The molecule has 4 nitrogen and oxygen atoms in total. The fourth-order valence-electron chi connectivity index (χ4n) is 1.73. The van der Waals surface area contributed by atoms with Crippen molar-refractivity contribution in [3.05, 3.63) is 23.8 Å². The van der Waals surface area contributed by atoms with Gasteiger partial charge >= 0.3 is 0 Å². The summed E-state index contributed by atoms with van der Waals surface area (Å²) in [7, 11) is 0. The van der Waals surface area contributed by atoms with E-state index >= 15 is 0 Å². The molecule has 0 saturated heterocycles. The summed E-state index contributed by atoms with van der Waals surface area (Å²) in [6.45, 7) is 2.35. The molecule has 90 valence electrons. The Balaban J connectivity index is 2.23. The van der Waals surface area contributed by atoms with Crippen LogP contribution in [0.3, 0.4) is 0 Å². The normalized spacial score (nSPS) is 16.2. The zero-order chi connectivity index (χ0) is 12.3. The fourth-order valence-corrected chi connectivity index (χ4v) is 1.73. The number of nitrogens with zero attached hydrogens (tertiary/aromatic N) is 1. The van der Waals surface area contributed by atoms with Gasteiger partial charge in [-0.15, -0.1) is 0 Å². The van der Waals surface area contributed by atoms with Crippen molar-refractivity contribution in [1.82, 2.24) is 5.32 Å². The fraction of sp³-hybridized carbons (Fsp3) is 0.462. The van der Waals surface area contributed by atoms with Gasteiger partial charge in [0.05, 0.1) is 12.7 Å². The molecule has 1 aromatic carbocycles. The van der Waals surface area contributed by atoms with Crippen LogP contribution in [-0.4, -0.2) is 17.8 Å². The highest BCUT2D eigenvalue weighted by molar-refractivity contribution is 5.48. The average molecular weight is 232 g/mol. The smallest absolute Gasteiger partial charge is 0.163 e. The molecular weight excluding hydrogens is 216 g/mol. The Labute approximate surface area is 101 Å². The maximum atomic E-state index is 10.0. The second kappa shape index (κ2) is 5.07. The Morgan fingerprint density at radius 1 is 1.59 bits per heavy atom. The molecule has 17 heavy (non-hydrogen) atoms. The number of hydrogen-bond acceptors (Lipinski definition) is 4. The topological polar surface area (TPSA) is 65.3 Å². The van der Waals surface area contributed by atoms with E-state index in [9.17, 15) is 5.11 Å². The maximum Gasteiger partial charge on any atom is 0.163 e. The van der Waals surface area contributed by atoms with Crippen LogP contribution in [0, 0.1) is 11.3 Å². The van der Waals surface area contributed by atoms with Gasteiger partial charge in [0.15, 0.2) is 11.5 Å². The van der Waals surface area contributed by atoms with Gasteiger partial charge in [0, 0.05) is 11.6 Å². The second-order valence-electron chi connectivity index (χ2n) is 4.13. The van der Waals surface area contributed by atoms with Crippen molar-refractivity contribution in [2.45, 2.75) is 31.8 Å². The van der Waals surface area contributed by atoms with E-state index < -0.39 is 6.04 Å². The van der Waals surface area contributed by atoms with Gasteiger partial charge in [-0.3, -0.25) is 5.32 Å². The highest BCUT2D eigenvalue weighted by Crippen LogP contribution is 2.35. The number of benzene rings is 1. The number of nitrogens with one attached hydrogen (secondary N) is 1. The minimum atomic E-state index is -0.470. The van der Waals surface area contributed by atoms with Crippen molar-refractivity contribution in [1.29, 1.82) is 5.26 Å². The summed E-state index contributed by atoms with van der Waals surface area (Å²) in [5.74, 6) is 0.497. The van der Waals surface area contributed by atoms with Gasteiger partial charge in [-0.05, 0) is 25.8 Å². The molecule has 0 amide bonds. The molecule has 0 spiro atoms. The minimum Gasteiger partial charge on any atom is -0.504 e. The van der Waals surface area contributed by atoms with Crippen LogP contribution in [0.5, 0.6) is 11.5 Å². The standard InChI is InChI=1S/C13H16N2O2/c1-2-17-12-5-3-4-10(13(12)16)11(8-14)15-9-6-7-9/h3-5,9,11,15-16H,2,6-7H2,1H3. The summed E-state index contributed by atoms with van der Waals surface area (Å²) in [6.07, 6.45) is 2.20. The van der Waals surface area contributed by atoms with Crippen LogP contribution < -0.4 is 10.1 Å². The Kier molecular flexibility index (Phi) is 3.50. The van der Waals surface area contributed by atoms with E-state index in [0.717, 1.165) is 12.8 Å². The predicted octanol–water partition coefficient (Wildman–Crippen LogP) is 2.11. The van der Waals surface area contributed by atoms with Gasteiger partial charge in [-0.1, -0.05) is 12.1 Å². The van der Waals surface area contributed by atoms with Gasteiger partial charge in [0.25, 0.3) is 0 Å². The van der Waals surface area contributed by atoms with Gasteiger partial charge in [0.1, 0.15) is 6.04 Å². The van der Waals surface area contributed by atoms with Gasteiger partial charge in [-0.2, -0.15) is 5.26 Å². The number of phenolic OH excluding ortho intramolecular Hbond substituents is 1. The Hall–Kier alpha value is -1.73. The van der Waals surface area contributed by atoms with E-state index in [1.807, 2.05) is 6.92 Å². The van der Waals surface area contributed by atoms with E-state index in [1.165, 1.54) is 0 Å². The van der Waals surface area contributed by atoms with E-state index in [1.54, 1.807) is 18.2 Å². The highest BCUT2D eigenvalue weighted by Gasteiger charge is 2.27. The van der Waals surface area contributed by atoms with Crippen molar-refractivity contribution in [2.24, 2.45) is 0 Å². The molecule has 2 rings (SSSR count). The van der Waals surface area contributed by atoms with Gasteiger partial charge in [0.2, 0.25) is 0 Å². The molecule has 1 aliphatic carbocycles. The molecule has 1 unspecified atom stereocenters. The van der Waals surface area contributed by atoms with Crippen molar-refractivity contribution in [3.63, 3.8) is 0 Å². The third-order valence-electron chi connectivity index (χ3n) is 2.75. The summed E-state index contributed by atoms with van der Waals surface area (Å²) >= 11 is 0. The maximum absolute atomic E-state index is 10.0. The number of phenols is 1. The summed E-state index contributed by atoms with van der Waals surface area (Å²) in [5.41, 5.74) is 0.588. The largest absolute Gasteiger partial charge is 0.504 e. The lowest BCUT2D eigenvalue weighted by molar-refractivity contribution is 0.315. The molecule has 1 aliphatic rings. The molecule has 0 bridgehead atoms. The predicted molar refractivity (Wildman–Crippen MR) is 63.8 cm³/mol. The molecule has 0 aromatic heterocycles. The Bertz CT molecular complexity index is 436. The van der Waals surface area contributed by atoms with Crippen molar-refractivity contribution < 1.29 is 9.84 Å². The third-order valence-corrected chi connectivity index (χ3v) is 2.75. The summed E-state index contributed by atoms with van der Waals surface area (Å²) < 4.78 is 5.31. The van der Waals surface area contributed by atoms with Crippen molar-refractivity contribution in [3.8, 4) is 17.6 Å². The first kappa shape index (κ1) is 11.7. The average Bonchev–Trinajstić information content (AvgIpc) is 3.13. The van der Waals surface area contributed by atoms with Crippen LogP contribution in [0.4, 0.5) is 0 Å². The molecule has 4 heteroatoms. The molecule has 0 radical (unpaired) electrons. The van der Waals surface area contributed by atoms with Crippen molar-refractivity contribution >= 4 is 0 Å². The number of para-hydroxylation sites is 1. The first-order valence-electron chi connectivity index (χ1n) is 5.86. The first-order valence-corrected chi connectivity index (χ1v) is 5.86. The van der Waals surface area contributed by atoms with Crippen LogP contribution in [0.25, 0.3) is 0 Å². The Morgan fingerprint density at radius 2 is 2.35 bits per heavy atom. The van der Waals surface area contributed by atoms with E-state index in [-0.39, 0.29) is 5.75 Å². The number of aromatic hydroxyl groups is 1. The highest BCUT2D eigenvalue weighted by atomic mass is 16.5. The van der Waals surface area contributed by atoms with E-state index in [0.29, 0.717) is 24.0 Å². The lowest BCUT2D eigenvalue weighted by atomic mass is 10.1. The summed E-state index contributed by atoms with van der Waals surface area (Å²) in [6, 6.07) is 7.36. The quantitative estimate of drug-likeness (QED) is 0.816. The van der Waals surface area contributed by atoms with Crippen LogP contribution in [0.2, 0.25) is 0 Å². The van der Waals surface area contributed by atoms with Gasteiger partial charge in [-0.25, -0.2) is 0 Å². The van der Waals surface area contributed by atoms with Crippen molar-refractivity contribution in [2.75, 3.05) is 6.61 Å². The lowest BCUT2D eigenvalue weighted by Gasteiger charge is -2.15. The van der Waals surface area contributed by atoms with E-state index in [2.05, 4.69) is 11.4 Å². The zero-order valence-corrected chi connectivity index (χ0v) is 9.81. The third kappa shape index (κ3) is 2.69. The summed E-state index contributed by atoms with van der Waals surface area (Å²) in [5, 5.41) is 22.4. The molecule has 1 aromatic rings. The first-order chi connectivity index (χ1) is 8.26. The molecule has 0 aliphatic heterocycles. The summed E-state index contributed by atoms with van der Waals surface area (Å²) in [4.78, 5) is 0. The number of hydrogen-bond donors (Lipinski definition) is 2. The second-order valence-corrected chi connectivity index (χ2v) is 4.13. The molecule has 1 atom stereocenters. The molecule has 1 fully saturated rings. The Morgan fingerprint density at radius 3 is 2.94 bits per heavy atom. The monoisotopic (exact) mass is 232 g/mol. The van der Waals surface area contributed by atoms with Crippen LogP contribution in [-0.2, 0) is 0 Å². The zero-order valence-electron chi connectivity index (χ0n) is 9.81. The van der Waals surface area contributed by atoms with Crippen LogP contribution >= 0.6 is 0 Å². The van der Waals surface area contributed by atoms with Crippen LogP contribution in [0.15, 0.2) is 18.2 Å². The lowest BCUT2D eigenvalue weighted by Crippen LogP contribution is -2.22. The molecule has 1 saturated carbocycles. The van der Waals surface area contributed by atoms with Gasteiger partial charge < -0.3 is 9.84 Å². The SMILES string of the molecule is CCOc1cccc(C(C#N)NC2CC2)c1O. The number of rotatable bonds is 5. The molecular formula is C13H16N2O2. The van der Waals surface area contributed by atoms with E-state index in [4.69, 9.17) is 10.00 Å². The number of ether oxygens (including phenoxy) is 1. The number of nitriles is 1. The minimum absolute atomic E-state index is 0.0639.